The van der Waals surface area contributed by atoms with Gasteiger partial charge in [0.05, 0.1) is 12.6 Å². The highest BCUT2D eigenvalue weighted by molar-refractivity contribution is 6.32. The molecule has 1 aromatic heterocycles. The fourth-order valence-electron chi connectivity index (χ4n) is 1.54. The first kappa shape index (κ1) is 10.4. The van der Waals surface area contributed by atoms with Gasteiger partial charge in [0.1, 0.15) is 12.0 Å². The Morgan fingerprint density at radius 1 is 1.53 bits per heavy atom. The molecule has 1 fully saturated rings. The Kier molecular flexibility index (Phi) is 3.23. The van der Waals surface area contributed by atoms with Gasteiger partial charge >= 0.3 is 0 Å². The van der Waals surface area contributed by atoms with Crippen LogP contribution in [0.2, 0.25) is 5.15 Å². The Morgan fingerprint density at radius 3 is 3.13 bits per heavy atom. The van der Waals surface area contributed by atoms with Crippen LogP contribution in [0.15, 0.2) is 6.33 Å². The maximum atomic E-state index is 5.78. The van der Waals surface area contributed by atoms with Crippen LogP contribution in [0.4, 0.5) is 11.5 Å². The van der Waals surface area contributed by atoms with Gasteiger partial charge in [-0.1, -0.05) is 11.6 Å². The van der Waals surface area contributed by atoms with Crippen LogP contribution in [-0.2, 0) is 4.74 Å². The van der Waals surface area contributed by atoms with Gasteiger partial charge in [-0.25, -0.2) is 9.97 Å². The van der Waals surface area contributed by atoms with Crippen molar-refractivity contribution < 1.29 is 4.74 Å². The van der Waals surface area contributed by atoms with Crippen molar-refractivity contribution in [3.63, 3.8) is 0 Å². The first-order valence-electron chi connectivity index (χ1n) is 4.87. The molecule has 2 heterocycles. The molecule has 0 radical (unpaired) electrons. The van der Waals surface area contributed by atoms with E-state index in [4.69, 9.17) is 22.1 Å². The van der Waals surface area contributed by atoms with Gasteiger partial charge in [-0.3, -0.25) is 0 Å². The summed E-state index contributed by atoms with van der Waals surface area (Å²) in [7, 11) is 0. The second-order valence-electron chi connectivity index (χ2n) is 3.49. The number of aromatic nitrogens is 2. The van der Waals surface area contributed by atoms with Crippen LogP contribution >= 0.6 is 11.6 Å². The summed E-state index contributed by atoms with van der Waals surface area (Å²) in [4.78, 5) is 7.84. The predicted octanol–water partition coefficient (Wildman–Crippen LogP) is 1.30. The van der Waals surface area contributed by atoms with Crippen LogP contribution in [0, 0.1) is 0 Å². The molecule has 0 amide bonds. The zero-order valence-electron chi connectivity index (χ0n) is 8.24. The molecule has 1 atom stereocenters. The molecular weight excluding hydrogens is 216 g/mol. The van der Waals surface area contributed by atoms with E-state index >= 15 is 0 Å². The van der Waals surface area contributed by atoms with Crippen molar-refractivity contribution in [3.8, 4) is 0 Å². The molecule has 5 nitrogen and oxygen atoms in total. The molecule has 0 aliphatic carbocycles. The van der Waals surface area contributed by atoms with Crippen molar-refractivity contribution in [3.05, 3.63) is 11.5 Å². The lowest BCUT2D eigenvalue weighted by Gasteiger charge is -2.24. The number of nitrogens with one attached hydrogen (secondary N) is 1. The molecular formula is C9H13ClN4O. The van der Waals surface area contributed by atoms with E-state index in [0.29, 0.717) is 18.1 Å². The Balaban J connectivity index is 2.06. The summed E-state index contributed by atoms with van der Waals surface area (Å²) in [5.74, 6) is 0.588. The second-order valence-corrected chi connectivity index (χ2v) is 3.84. The summed E-state index contributed by atoms with van der Waals surface area (Å²) in [5, 5.41) is 3.49. The first-order valence-corrected chi connectivity index (χ1v) is 5.25. The van der Waals surface area contributed by atoms with Crippen LogP contribution in [-0.4, -0.2) is 29.2 Å². The summed E-state index contributed by atoms with van der Waals surface area (Å²) in [6.07, 6.45) is 3.50. The second kappa shape index (κ2) is 4.63. The maximum absolute atomic E-state index is 5.78. The SMILES string of the molecule is Nc1c(Cl)ncnc1N[C@H]1CCCOC1. The largest absolute Gasteiger partial charge is 0.393 e. The Hall–Kier alpha value is -1.07. The number of nitrogens with zero attached hydrogens (tertiary/aromatic N) is 2. The number of halogens is 1. The Labute approximate surface area is 93.0 Å². The molecule has 6 heteroatoms. The summed E-state index contributed by atoms with van der Waals surface area (Å²) in [5.41, 5.74) is 6.13. The lowest BCUT2D eigenvalue weighted by molar-refractivity contribution is 0.0875. The Morgan fingerprint density at radius 2 is 2.40 bits per heavy atom. The summed E-state index contributed by atoms with van der Waals surface area (Å²) < 4.78 is 5.34. The van der Waals surface area contributed by atoms with Crippen LogP contribution < -0.4 is 11.1 Å². The first-order chi connectivity index (χ1) is 7.27. The molecule has 0 saturated carbocycles. The lowest BCUT2D eigenvalue weighted by atomic mass is 10.1. The molecule has 0 bridgehead atoms. The number of rotatable bonds is 2. The molecule has 1 aromatic rings. The molecule has 1 aliphatic rings. The predicted molar refractivity (Wildman–Crippen MR) is 58.9 cm³/mol. The smallest absolute Gasteiger partial charge is 0.157 e. The molecule has 1 aliphatic heterocycles. The fourth-order valence-corrected chi connectivity index (χ4v) is 1.67. The standard InChI is InChI=1S/C9H13ClN4O/c10-8-7(11)9(13-5-12-8)14-6-2-1-3-15-4-6/h5-6H,1-4,11H2,(H,12,13,14)/t6-/m0/s1. The van der Waals surface area contributed by atoms with Gasteiger partial charge in [-0.2, -0.15) is 0 Å². The summed E-state index contributed by atoms with van der Waals surface area (Å²) >= 11 is 5.78. The number of nitrogens with two attached hydrogens (primary N) is 1. The molecule has 15 heavy (non-hydrogen) atoms. The van der Waals surface area contributed by atoms with Crippen molar-refractivity contribution in [2.75, 3.05) is 24.3 Å². The van der Waals surface area contributed by atoms with Crippen LogP contribution in [0.3, 0.4) is 0 Å². The van der Waals surface area contributed by atoms with Crippen molar-refractivity contribution in [2.24, 2.45) is 0 Å². The van der Waals surface area contributed by atoms with E-state index in [1.807, 2.05) is 0 Å². The minimum Gasteiger partial charge on any atom is -0.393 e. The van der Waals surface area contributed by atoms with Crippen LogP contribution in [0.1, 0.15) is 12.8 Å². The fraction of sp³-hybridized carbons (Fsp3) is 0.556. The summed E-state index contributed by atoms with van der Waals surface area (Å²) in [6.45, 7) is 1.51. The van der Waals surface area contributed by atoms with E-state index in [-0.39, 0.29) is 11.2 Å². The minimum atomic E-state index is 0.256. The van der Waals surface area contributed by atoms with Gasteiger partial charge in [-0.15, -0.1) is 0 Å². The van der Waals surface area contributed by atoms with E-state index in [1.165, 1.54) is 6.33 Å². The highest BCUT2D eigenvalue weighted by atomic mass is 35.5. The van der Waals surface area contributed by atoms with Crippen LogP contribution in [0.25, 0.3) is 0 Å². The van der Waals surface area contributed by atoms with Gasteiger partial charge in [0.25, 0.3) is 0 Å². The average Bonchev–Trinajstić information content (AvgIpc) is 2.26. The third-order valence-corrected chi connectivity index (χ3v) is 2.64. The number of hydrogen-bond acceptors (Lipinski definition) is 5. The van der Waals surface area contributed by atoms with Crippen molar-refractivity contribution >= 4 is 23.1 Å². The van der Waals surface area contributed by atoms with Crippen LogP contribution in [0.5, 0.6) is 0 Å². The zero-order chi connectivity index (χ0) is 10.7. The third kappa shape index (κ3) is 2.49. The third-order valence-electron chi connectivity index (χ3n) is 2.34. The topological polar surface area (TPSA) is 73.1 Å². The molecule has 0 spiro atoms. The monoisotopic (exact) mass is 228 g/mol. The number of hydrogen-bond donors (Lipinski definition) is 2. The molecule has 3 N–H and O–H groups in total. The van der Waals surface area contributed by atoms with Gasteiger partial charge in [0.2, 0.25) is 0 Å². The number of anilines is 2. The highest BCUT2D eigenvalue weighted by Gasteiger charge is 2.16. The molecule has 1 saturated heterocycles. The normalized spacial score (nSPS) is 21.3. The van der Waals surface area contributed by atoms with E-state index in [1.54, 1.807) is 0 Å². The molecule has 82 valence electrons. The molecule has 0 unspecified atom stereocenters. The zero-order valence-corrected chi connectivity index (χ0v) is 9.00. The maximum Gasteiger partial charge on any atom is 0.157 e. The van der Waals surface area contributed by atoms with Crippen molar-refractivity contribution in [2.45, 2.75) is 18.9 Å². The summed E-state index contributed by atoms with van der Waals surface area (Å²) in [6, 6.07) is 0.256. The average molecular weight is 229 g/mol. The van der Waals surface area contributed by atoms with E-state index in [0.717, 1.165) is 19.4 Å². The van der Waals surface area contributed by atoms with E-state index < -0.39 is 0 Å². The number of ether oxygens (including phenoxy) is 1. The van der Waals surface area contributed by atoms with Crippen molar-refractivity contribution in [1.29, 1.82) is 0 Å². The Bertz CT molecular complexity index is 341. The van der Waals surface area contributed by atoms with Gasteiger partial charge in [0.15, 0.2) is 11.0 Å². The van der Waals surface area contributed by atoms with E-state index in [2.05, 4.69) is 15.3 Å². The van der Waals surface area contributed by atoms with Gasteiger partial charge < -0.3 is 15.8 Å². The van der Waals surface area contributed by atoms with Gasteiger partial charge in [-0.05, 0) is 12.8 Å². The number of nitrogen functional groups attached to an aromatic ring is 1. The quantitative estimate of drug-likeness (QED) is 0.747. The van der Waals surface area contributed by atoms with Gasteiger partial charge in [0, 0.05) is 6.61 Å². The lowest BCUT2D eigenvalue weighted by Crippen LogP contribution is -2.30. The van der Waals surface area contributed by atoms with Crippen molar-refractivity contribution in [1.82, 2.24) is 9.97 Å². The van der Waals surface area contributed by atoms with E-state index in [9.17, 15) is 0 Å². The molecule has 0 aromatic carbocycles. The minimum absolute atomic E-state index is 0.256. The highest BCUT2D eigenvalue weighted by Crippen LogP contribution is 2.23. The molecule has 2 rings (SSSR count).